The molecule has 0 amide bonds. The summed E-state index contributed by atoms with van der Waals surface area (Å²) in [6, 6.07) is 0. The van der Waals surface area contributed by atoms with Gasteiger partial charge in [0, 0.05) is 7.05 Å². The number of fused-ring (bicyclic) bond motifs is 1. The maximum atomic E-state index is 5.57. The molecule has 7 nitrogen and oxygen atoms in total. The van der Waals surface area contributed by atoms with Crippen molar-refractivity contribution in [3.05, 3.63) is 0 Å². The van der Waals surface area contributed by atoms with E-state index in [1.165, 1.54) is 4.68 Å². The lowest BCUT2D eigenvalue weighted by atomic mass is 10.5. The number of hydrogen-bond donors (Lipinski definition) is 2. The first kappa shape index (κ1) is 6.77. The van der Waals surface area contributed by atoms with E-state index in [0.29, 0.717) is 17.0 Å². The van der Waals surface area contributed by atoms with Crippen molar-refractivity contribution in [2.45, 2.75) is 0 Å². The van der Waals surface area contributed by atoms with E-state index in [1.54, 1.807) is 7.05 Å². The van der Waals surface area contributed by atoms with Crippen molar-refractivity contribution in [3.8, 4) is 0 Å². The fourth-order valence-corrected chi connectivity index (χ4v) is 1.01. The highest BCUT2D eigenvalue weighted by atomic mass is 15.4. The van der Waals surface area contributed by atoms with Crippen molar-refractivity contribution in [3.63, 3.8) is 0 Å². The Labute approximate surface area is 67.4 Å². The molecule has 2 aromatic heterocycles. The Morgan fingerprint density at radius 2 is 2.00 bits per heavy atom. The van der Waals surface area contributed by atoms with Crippen LogP contribution in [0, 0.1) is 0 Å². The molecule has 0 aliphatic rings. The van der Waals surface area contributed by atoms with Crippen molar-refractivity contribution in [2.24, 2.45) is 7.05 Å². The zero-order chi connectivity index (χ0) is 8.72. The van der Waals surface area contributed by atoms with Crippen LogP contribution in [0.5, 0.6) is 0 Å². The van der Waals surface area contributed by atoms with Gasteiger partial charge >= 0.3 is 0 Å². The molecule has 0 atom stereocenters. The second-order valence-electron chi connectivity index (χ2n) is 2.35. The van der Waals surface area contributed by atoms with Crippen molar-refractivity contribution >= 4 is 22.9 Å². The van der Waals surface area contributed by atoms with Gasteiger partial charge < -0.3 is 11.5 Å². The molecule has 0 aromatic carbocycles. The molecule has 2 rings (SSSR count). The number of nitrogens with zero attached hydrogens (tertiary/aromatic N) is 5. The van der Waals surface area contributed by atoms with E-state index in [9.17, 15) is 0 Å². The third-order valence-electron chi connectivity index (χ3n) is 1.51. The van der Waals surface area contributed by atoms with Gasteiger partial charge in [0.25, 0.3) is 0 Å². The summed E-state index contributed by atoms with van der Waals surface area (Å²) in [7, 11) is 1.71. The van der Waals surface area contributed by atoms with Gasteiger partial charge in [0.2, 0.25) is 11.6 Å². The normalized spacial score (nSPS) is 10.8. The molecule has 4 N–H and O–H groups in total. The quantitative estimate of drug-likeness (QED) is 0.514. The molecule has 0 spiro atoms. The van der Waals surface area contributed by atoms with Crippen molar-refractivity contribution < 1.29 is 0 Å². The Morgan fingerprint density at radius 3 is 2.75 bits per heavy atom. The van der Waals surface area contributed by atoms with Crippen LogP contribution in [0.4, 0.5) is 11.8 Å². The second-order valence-corrected chi connectivity index (χ2v) is 2.35. The molecule has 0 unspecified atom stereocenters. The van der Waals surface area contributed by atoms with Crippen LogP contribution in [0.15, 0.2) is 0 Å². The first-order valence-corrected chi connectivity index (χ1v) is 3.27. The van der Waals surface area contributed by atoms with Crippen LogP contribution in [0.1, 0.15) is 0 Å². The Morgan fingerprint density at radius 1 is 1.25 bits per heavy atom. The minimum absolute atomic E-state index is 0.112. The topological polar surface area (TPSA) is 109 Å². The fraction of sp³-hybridized carbons (Fsp3) is 0.200. The van der Waals surface area contributed by atoms with Crippen LogP contribution in [-0.4, -0.2) is 25.0 Å². The maximum absolute atomic E-state index is 5.57. The molecule has 0 bridgehead atoms. The summed E-state index contributed by atoms with van der Waals surface area (Å²) >= 11 is 0. The van der Waals surface area contributed by atoms with E-state index in [0.717, 1.165) is 0 Å². The van der Waals surface area contributed by atoms with Crippen LogP contribution >= 0.6 is 0 Å². The van der Waals surface area contributed by atoms with Gasteiger partial charge in [-0.05, 0) is 0 Å². The van der Waals surface area contributed by atoms with Gasteiger partial charge in [-0.1, -0.05) is 5.21 Å². The number of nitrogen functional groups attached to an aromatic ring is 2. The van der Waals surface area contributed by atoms with E-state index in [1.807, 2.05) is 0 Å². The van der Waals surface area contributed by atoms with Gasteiger partial charge in [-0.15, -0.1) is 5.10 Å². The van der Waals surface area contributed by atoms with E-state index < -0.39 is 0 Å². The highest BCUT2D eigenvalue weighted by Crippen LogP contribution is 2.14. The number of aryl methyl sites for hydroxylation is 1. The third-order valence-corrected chi connectivity index (χ3v) is 1.51. The molecular weight excluding hydrogens is 158 g/mol. The first-order valence-electron chi connectivity index (χ1n) is 3.27. The number of hydrogen-bond acceptors (Lipinski definition) is 6. The first-order chi connectivity index (χ1) is 5.68. The van der Waals surface area contributed by atoms with E-state index in [2.05, 4.69) is 20.3 Å². The van der Waals surface area contributed by atoms with Gasteiger partial charge in [0.15, 0.2) is 5.82 Å². The molecule has 0 fully saturated rings. The van der Waals surface area contributed by atoms with Crippen LogP contribution in [0.25, 0.3) is 11.2 Å². The number of anilines is 2. The van der Waals surface area contributed by atoms with Gasteiger partial charge in [0.1, 0.15) is 5.52 Å². The Bertz CT molecular complexity index is 431. The van der Waals surface area contributed by atoms with Gasteiger partial charge in [-0.25, -0.2) is 4.68 Å². The van der Waals surface area contributed by atoms with Gasteiger partial charge in [0.05, 0.1) is 0 Å². The minimum Gasteiger partial charge on any atom is -0.382 e. The monoisotopic (exact) mass is 165 g/mol. The predicted octanol–water partition coefficient (Wildman–Crippen LogP) is -1.08. The average Bonchev–Trinajstić information content (AvgIpc) is 2.31. The molecule has 7 heteroatoms. The molecule has 2 aromatic rings. The molecular formula is C5H7N7. The van der Waals surface area contributed by atoms with E-state index in [4.69, 9.17) is 11.5 Å². The highest BCUT2D eigenvalue weighted by molar-refractivity contribution is 5.81. The summed E-state index contributed by atoms with van der Waals surface area (Å²) < 4.78 is 1.50. The summed E-state index contributed by atoms with van der Waals surface area (Å²) in [5, 5.41) is 7.47. The Kier molecular flexibility index (Phi) is 1.15. The summed E-state index contributed by atoms with van der Waals surface area (Å²) in [5.41, 5.74) is 11.9. The lowest BCUT2D eigenvalue weighted by molar-refractivity contribution is 0.736. The van der Waals surface area contributed by atoms with Crippen LogP contribution in [-0.2, 0) is 7.05 Å². The standard InChI is InChI=1S/C5H7N7/c1-12-2-3(6)8-5(7)9-4(2)10-11-12/h1H3,(H4,6,7,8,9). The van der Waals surface area contributed by atoms with Crippen LogP contribution in [0.3, 0.4) is 0 Å². The van der Waals surface area contributed by atoms with Crippen molar-refractivity contribution in [1.82, 2.24) is 25.0 Å². The largest absolute Gasteiger partial charge is 0.382 e. The Hall–Kier alpha value is -1.92. The molecule has 0 radical (unpaired) electrons. The smallest absolute Gasteiger partial charge is 0.224 e. The molecule has 62 valence electrons. The van der Waals surface area contributed by atoms with E-state index >= 15 is 0 Å². The second kappa shape index (κ2) is 2.03. The SMILES string of the molecule is Cn1nnc2nc(N)nc(N)c21. The van der Waals surface area contributed by atoms with Crippen LogP contribution in [0.2, 0.25) is 0 Å². The minimum atomic E-state index is 0.112. The predicted molar refractivity (Wildman–Crippen MR) is 42.9 cm³/mol. The molecule has 12 heavy (non-hydrogen) atoms. The molecule has 0 aliphatic heterocycles. The highest BCUT2D eigenvalue weighted by Gasteiger charge is 2.08. The summed E-state index contributed by atoms with van der Waals surface area (Å²) in [6.45, 7) is 0. The maximum Gasteiger partial charge on any atom is 0.224 e. The van der Waals surface area contributed by atoms with Crippen molar-refractivity contribution in [1.29, 1.82) is 0 Å². The number of nitrogens with two attached hydrogens (primary N) is 2. The zero-order valence-corrected chi connectivity index (χ0v) is 6.39. The van der Waals surface area contributed by atoms with Gasteiger partial charge in [-0.3, -0.25) is 0 Å². The van der Waals surface area contributed by atoms with Crippen LogP contribution < -0.4 is 11.5 Å². The lowest BCUT2D eigenvalue weighted by Crippen LogP contribution is -2.02. The van der Waals surface area contributed by atoms with Gasteiger partial charge in [-0.2, -0.15) is 9.97 Å². The molecule has 0 saturated carbocycles. The van der Waals surface area contributed by atoms with E-state index in [-0.39, 0.29) is 5.95 Å². The molecule has 2 heterocycles. The lowest BCUT2D eigenvalue weighted by Gasteiger charge is -1.96. The summed E-state index contributed by atoms with van der Waals surface area (Å²) in [5.74, 6) is 0.408. The number of rotatable bonds is 0. The third kappa shape index (κ3) is 0.760. The Balaban J connectivity index is 2.93. The summed E-state index contributed by atoms with van der Waals surface area (Å²) in [6.07, 6.45) is 0. The zero-order valence-electron chi connectivity index (χ0n) is 6.39. The number of aromatic nitrogens is 5. The summed E-state index contributed by atoms with van der Waals surface area (Å²) in [4.78, 5) is 7.63. The average molecular weight is 165 g/mol. The van der Waals surface area contributed by atoms with Crippen molar-refractivity contribution in [2.75, 3.05) is 11.5 Å². The fourth-order valence-electron chi connectivity index (χ4n) is 1.01. The molecule has 0 saturated heterocycles. The molecule has 0 aliphatic carbocycles.